The zero-order chi connectivity index (χ0) is 10.4. The van der Waals surface area contributed by atoms with Crippen LogP contribution in [-0.2, 0) is 6.42 Å². The van der Waals surface area contributed by atoms with Gasteiger partial charge >= 0.3 is 0 Å². The van der Waals surface area contributed by atoms with Gasteiger partial charge < -0.3 is 5.32 Å². The van der Waals surface area contributed by atoms with Gasteiger partial charge in [-0.15, -0.1) is 0 Å². The number of nitrogens with one attached hydrogen (secondary N) is 1. The van der Waals surface area contributed by atoms with Gasteiger partial charge in [0.1, 0.15) is 0 Å². The van der Waals surface area contributed by atoms with Gasteiger partial charge in [0.15, 0.2) is 0 Å². The second-order valence-electron chi connectivity index (χ2n) is 3.43. The summed E-state index contributed by atoms with van der Waals surface area (Å²) in [5.74, 6) is 0. The number of hydrogen-bond donors (Lipinski definition) is 1. The highest BCUT2D eigenvalue weighted by Gasteiger charge is 2.16. The maximum absolute atomic E-state index is 3.36. The molecule has 1 unspecified atom stereocenters. The molecule has 78 valence electrons. The molecule has 2 rings (SSSR count). The van der Waals surface area contributed by atoms with Crippen LogP contribution in [0.1, 0.15) is 43.9 Å². The van der Waals surface area contributed by atoms with Crippen molar-refractivity contribution >= 4 is 0 Å². The van der Waals surface area contributed by atoms with Crippen LogP contribution in [0.15, 0.2) is 24.3 Å². The van der Waals surface area contributed by atoms with Crippen LogP contribution in [0.2, 0.25) is 0 Å². The standard InChI is InChI=1S/C11H15N.C2H6/c1-12-11-8-4-6-9-5-2-3-7-10(9)11;1-2/h2-3,5,7,11-12H,4,6,8H2,1H3;1-2H3. The Hall–Kier alpha value is -0.820. The molecule has 0 heterocycles. The maximum Gasteiger partial charge on any atom is 0.0320 e. The summed E-state index contributed by atoms with van der Waals surface area (Å²) in [6.45, 7) is 4.00. The Bertz CT molecular complexity index is 268. The van der Waals surface area contributed by atoms with Gasteiger partial charge in [-0.1, -0.05) is 38.1 Å². The molecule has 0 saturated heterocycles. The van der Waals surface area contributed by atoms with Crippen molar-refractivity contribution in [1.82, 2.24) is 5.32 Å². The van der Waals surface area contributed by atoms with Crippen LogP contribution in [0.5, 0.6) is 0 Å². The Morgan fingerprint density at radius 1 is 1.21 bits per heavy atom. The van der Waals surface area contributed by atoms with E-state index in [0.29, 0.717) is 6.04 Å². The Kier molecular flexibility index (Phi) is 4.68. The normalized spacial score (nSPS) is 19.2. The van der Waals surface area contributed by atoms with Gasteiger partial charge in [-0.3, -0.25) is 0 Å². The van der Waals surface area contributed by atoms with Crippen LogP contribution in [0.4, 0.5) is 0 Å². The topological polar surface area (TPSA) is 12.0 Å². The van der Waals surface area contributed by atoms with Crippen molar-refractivity contribution in [2.45, 2.75) is 39.2 Å². The quantitative estimate of drug-likeness (QED) is 0.718. The van der Waals surface area contributed by atoms with Crippen LogP contribution < -0.4 is 5.32 Å². The number of hydrogen-bond acceptors (Lipinski definition) is 1. The van der Waals surface area contributed by atoms with Gasteiger partial charge in [0.05, 0.1) is 0 Å². The number of benzene rings is 1. The fourth-order valence-electron chi connectivity index (χ4n) is 2.05. The molecule has 1 nitrogen and oxygen atoms in total. The highest BCUT2D eigenvalue weighted by molar-refractivity contribution is 5.31. The summed E-state index contributed by atoms with van der Waals surface area (Å²) in [5.41, 5.74) is 3.04. The van der Waals surface area contributed by atoms with Crippen molar-refractivity contribution in [3.05, 3.63) is 35.4 Å². The third-order valence-electron chi connectivity index (χ3n) is 2.72. The third kappa shape index (κ3) is 2.36. The molecule has 1 aliphatic rings. The maximum atomic E-state index is 3.36. The van der Waals surface area contributed by atoms with Crippen LogP contribution >= 0.6 is 0 Å². The van der Waals surface area contributed by atoms with Gasteiger partial charge in [-0.2, -0.15) is 0 Å². The number of aryl methyl sites for hydroxylation is 1. The molecule has 1 heteroatoms. The molecule has 1 N–H and O–H groups in total. The zero-order valence-electron chi connectivity index (χ0n) is 9.51. The molecule has 1 aliphatic carbocycles. The lowest BCUT2D eigenvalue weighted by Crippen LogP contribution is -2.21. The molecule has 1 atom stereocenters. The molecule has 1 aromatic carbocycles. The average molecular weight is 191 g/mol. The van der Waals surface area contributed by atoms with Gasteiger partial charge in [0.25, 0.3) is 0 Å². The van der Waals surface area contributed by atoms with Crippen molar-refractivity contribution in [3.63, 3.8) is 0 Å². The van der Waals surface area contributed by atoms with E-state index >= 15 is 0 Å². The van der Waals surface area contributed by atoms with E-state index in [1.165, 1.54) is 30.4 Å². The zero-order valence-corrected chi connectivity index (χ0v) is 9.51. The summed E-state index contributed by atoms with van der Waals surface area (Å²) in [6.07, 6.45) is 3.87. The molecular formula is C13H21N. The minimum Gasteiger partial charge on any atom is -0.313 e. The van der Waals surface area contributed by atoms with Crippen molar-refractivity contribution in [1.29, 1.82) is 0 Å². The SMILES string of the molecule is CC.CNC1CCCc2ccccc21. The first-order valence-electron chi connectivity index (χ1n) is 5.67. The van der Waals surface area contributed by atoms with E-state index in [-0.39, 0.29) is 0 Å². The van der Waals surface area contributed by atoms with Crippen LogP contribution in [0.3, 0.4) is 0 Å². The minimum absolute atomic E-state index is 0.593. The second kappa shape index (κ2) is 5.82. The van der Waals surface area contributed by atoms with E-state index in [1.54, 1.807) is 0 Å². The van der Waals surface area contributed by atoms with Crippen molar-refractivity contribution in [2.24, 2.45) is 0 Å². The smallest absolute Gasteiger partial charge is 0.0320 e. The van der Waals surface area contributed by atoms with Crippen molar-refractivity contribution in [2.75, 3.05) is 7.05 Å². The first kappa shape index (κ1) is 11.3. The largest absolute Gasteiger partial charge is 0.313 e. The molecule has 0 fully saturated rings. The Morgan fingerprint density at radius 3 is 2.64 bits per heavy atom. The summed E-state index contributed by atoms with van der Waals surface area (Å²) in [6, 6.07) is 9.36. The molecule has 1 aromatic rings. The van der Waals surface area contributed by atoms with Gasteiger partial charge in [-0.25, -0.2) is 0 Å². The molecule has 0 amide bonds. The molecule has 0 aliphatic heterocycles. The molecule has 0 spiro atoms. The molecule has 0 saturated carbocycles. The van der Waals surface area contributed by atoms with Gasteiger partial charge in [0, 0.05) is 6.04 Å². The predicted molar refractivity (Wildman–Crippen MR) is 62.5 cm³/mol. The molecule has 14 heavy (non-hydrogen) atoms. The third-order valence-corrected chi connectivity index (χ3v) is 2.72. The molecular weight excluding hydrogens is 170 g/mol. The second-order valence-corrected chi connectivity index (χ2v) is 3.43. The van der Waals surface area contributed by atoms with E-state index in [4.69, 9.17) is 0 Å². The highest BCUT2D eigenvalue weighted by Crippen LogP contribution is 2.28. The summed E-state index contributed by atoms with van der Waals surface area (Å²) in [5, 5.41) is 3.36. The first-order valence-corrected chi connectivity index (χ1v) is 5.67. The lowest BCUT2D eigenvalue weighted by Gasteiger charge is -2.24. The first-order chi connectivity index (χ1) is 6.92. The number of fused-ring (bicyclic) bond motifs is 1. The fourth-order valence-corrected chi connectivity index (χ4v) is 2.05. The van der Waals surface area contributed by atoms with Crippen molar-refractivity contribution < 1.29 is 0 Å². The predicted octanol–water partition coefficient (Wildman–Crippen LogP) is 3.31. The number of rotatable bonds is 1. The lowest BCUT2D eigenvalue weighted by molar-refractivity contribution is 0.496. The fraction of sp³-hybridized carbons (Fsp3) is 0.538. The summed E-state index contributed by atoms with van der Waals surface area (Å²) in [7, 11) is 2.05. The Labute approximate surface area is 87.5 Å². The van der Waals surface area contributed by atoms with Crippen LogP contribution in [0, 0.1) is 0 Å². The minimum atomic E-state index is 0.593. The van der Waals surface area contributed by atoms with E-state index in [0.717, 1.165) is 0 Å². The molecule has 0 radical (unpaired) electrons. The average Bonchev–Trinajstić information content (AvgIpc) is 2.31. The van der Waals surface area contributed by atoms with E-state index < -0.39 is 0 Å². The van der Waals surface area contributed by atoms with Gasteiger partial charge in [0.2, 0.25) is 0 Å². The van der Waals surface area contributed by atoms with Gasteiger partial charge in [-0.05, 0) is 37.4 Å². The Balaban J connectivity index is 0.000000461. The van der Waals surface area contributed by atoms with E-state index in [2.05, 4.69) is 29.6 Å². The summed E-state index contributed by atoms with van der Waals surface area (Å²) in [4.78, 5) is 0. The summed E-state index contributed by atoms with van der Waals surface area (Å²) < 4.78 is 0. The molecule has 0 bridgehead atoms. The van der Waals surface area contributed by atoms with Crippen LogP contribution in [0.25, 0.3) is 0 Å². The monoisotopic (exact) mass is 191 g/mol. The van der Waals surface area contributed by atoms with E-state index in [1.807, 2.05) is 20.9 Å². The lowest BCUT2D eigenvalue weighted by atomic mass is 9.88. The molecule has 0 aromatic heterocycles. The highest BCUT2D eigenvalue weighted by atomic mass is 14.9. The summed E-state index contributed by atoms with van der Waals surface area (Å²) >= 11 is 0. The van der Waals surface area contributed by atoms with E-state index in [9.17, 15) is 0 Å². The van der Waals surface area contributed by atoms with Crippen LogP contribution in [-0.4, -0.2) is 7.05 Å². The Morgan fingerprint density at radius 2 is 1.93 bits per heavy atom. The van der Waals surface area contributed by atoms with Crippen molar-refractivity contribution in [3.8, 4) is 0 Å².